The minimum absolute atomic E-state index is 0. The predicted octanol–water partition coefficient (Wildman–Crippen LogP) is 1.60. The normalized spacial score (nSPS) is 11.4. The molecule has 0 heterocycles. The van der Waals surface area contributed by atoms with Gasteiger partial charge in [-0.15, -0.1) is 24.0 Å². The number of halogens is 1. The van der Waals surface area contributed by atoms with Crippen molar-refractivity contribution in [2.45, 2.75) is 17.7 Å². The molecule has 4 N–H and O–H groups in total. The van der Waals surface area contributed by atoms with Crippen LogP contribution in [0.3, 0.4) is 0 Å². The molecule has 2 aromatic rings. The summed E-state index contributed by atoms with van der Waals surface area (Å²) in [6.07, 6.45) is 1.46. The molecule has 0 atom stereocenters. The third kappa shape index (κ3) is 8.83. The number of carbonyl (C=O) groups is 1. The lowest BCUT2D eigenvalue weighted by Crippen LogP contribution is -2.39. The highest BCUT2D eigenvalue weighted by Crippen LogP contribution is 2.09. The van der Waals surface area contributed by atoms with Gasteiger partial charge in [0.15, 0.2) is 5.96 Å². The maximum Gasteiger partial charge on any atom is 0.253 e. The van der Waals surface area contributed by atoms with E-state index < -0.39 is 10.0 Å². The lowest BCUT2D eigenvalue weighted by molar-refractivity contribution is 0.0827. The molecule has 0 aromatic heterocycles. The Hall–Kier alpha value is -2.18. The van der Waals surface area contributed by atoms with Crippen molar-refractivity contribution in [2.75, 3.05) is 34.2 Å². The van der Waals surface area contributed by atoms with Crippen LogP contribution in [0, 0.1) is 0 Å². The SMILES string of the molecule is CN=C(NCCc1ccc(S(N)(=O)=O)cc1)NCCc1cccc(C(=O)N(C)C)c1.I. The first-order valence-corrected chi connectivity index (χ1v) is 11.1. The fourth-order valence-corrected chi connectivity index (χ4v) is 3.35. The molecule has 0 bridgehead atoms. The minimum atomic E-state index is -3.67. The number of rotatable bonds is 8. The highest BCUT2D eigenvalue weighted by Gasteiger charge is 2.09. The molecule has 2 aromatic carbocycles. The number of primary sulfonamides is 1. The largest absolute Gasteiger partial charge is 0.356 e. The quantitative estimate of drug-likeness (QED) is 0.258. The van der Waals surface area contributed by atoms with Crippen LogP contribution in [-0.2, 0) is 22.9 Å². The molecule has 0 saturated carbocycles. The molecule has 0 saturated heterocycles. The van der Waals surface area contributed by atoms with Crippen LogP contribution >= 0.6 is 24.0 Å². The topological polar surface area (TPSA) is 117 Å². The summed E-state index contributed by atoms with van der Waals surface area (Å²) in [6, 6.07) is 14.1. The lowest BCUT2D eigenvalue weighted by Gasteiger charge is -2.13. The van der Waals surface area contributed by atoms with Gasteiger partial charge in [-0.3, -0.25) is 9.79 Å². The van der Waals surface area contributed by atoms with E-state index in [2.05, 4.69) is 15.6 Å². The lowest BCUT2D eigenvalue weighted by atomic mass is 10.1. The molecule has 0 aliphatic carbocycles. The van der Waals surface area contributed by atoms with Gasteiger partial charge in [0.05, 0.1) is 4.90 Å². The maximum absolute atomic E-state index is 12.1. The highest BCUT2D eigenvalue weighted by molar-refractivity contribution is 14.0. The summed E-state index contributed by atoms with van der Waals surface area (Å²) in [5.74, 6) is 0.663. The first-order chi connectivity index (χ1) is 14.2. The Morgan fingerprint density at radius 3 is 2.10 bits per heavy atom. The number of hydrogen-bond acceptors (Lipinski definition) is 4. The fourth-order valence-electron chi connectivity index (χ4n) is 2.83. The van der Waals surface area contributed by atoms with Crippen molar-refractivity contribution in [3.8, 4) is 0 Å². The van der Waals surface area contributed by atoms with E-state index in [0.29, 0.717) is 31.0 Å². The number of amides is 1. The number of nitrogens with one attached hydrogen (secondary N) is 2. The molecule has 0 unspecified atom stereocenters. The summed E-state index contributed by atoms with van der Waals surface area (Å²) in [6.45, 7) is 1.31. The van der Waals surface area contributed by atoms with Crippen LogP contribution in [0.4, 0.5) is 0 Å². The number of aliphatic imine (C=N–C) groups is 1. The van der Waals surface area contributed by atoms with Gasteiger partial charge in [0.1, 0.15) is 0 Å². The van der Waals surface area contributed by atoms with E-state index in [0.717, 1.165) is 17.5 Å². The zero-order chi connectivity index (χ0) is 22.1. The Morgan fingerprint density at radius 1 is 1.00 bits per heavy atom. The Morgan fingerprint density at radius 2 is 1.58 bits per heavy atom. The number of benzene rings is 2. The minimum Gasteiger partial charge on any atom is -0.356 e. The van der Waals surface area contributed by atoms with E-state index >= 15 is 0 Å². The van der Waals surface area contributed by atoms with Gasteiger partial charge in [0, 0.05) is 39.8 Å². The third-order valence-electron chi connectivity index (χ3n) is 4.47. The van der Waals surface area contributed by atoms with Crippen molar-refractivity contribution in [3.05, 3.63) is 65.2 Å². The fraction of sp³-hybridized carbons (Fsp3) is 0.333. The van der Waals surface area contributed by atoms with Gasteiger partial charge in [-0.1, -0.05) is 24.3 Å². The van der Waals surface area contributed by atoms with Gasteiger partial charge >= 0.3 is 0 Å². The number of nitrogens with two attached hydrogens (primary N) is 1. The summed E-state index contributed by atoms with van der Waals surface area (Å²) in [7, 11) is 1.51. The van der Waals surface area contributed by atoms with Crippen molar-refractivity contribution in [1.29, 1.82) is 0 Å². The summed E-state index contributed by atoms with van der Waals surface area (Å²) in [5, 5.41) is 11.6. The number of sulfonamides is 1. The second-order valence-electron chi connectivity index (χ2n) is 7.01. The van der Waals surface area contributed by atoms with Crippen LogP contribution < -0.4 is 15.8 Å². The molecule has 0 aliphatic rings. The van der Waals surface area contributed by atoms with Crippen LogP contribution in [0.5, 0.6) is 0 Å². The van der Waals surface area contributed by atoms with Crippen molar-refractivity contribution < 1.29 is 13.2 Å². The standard InChI is InChI=1S/C21H29N5O3S.HI/c1-23-21(24-13-11-16-7-9-19(10-8-16)30(22,28)29)25-14-12-17-5-4-6-18(15-17)20(27)26(2)3;/h4-10,15H,11-14H2,1-3H3,(H2,22,28,29)(H2,23,24,25);1H. The zero-order valence-electron chi connectivity index (χ0n) is 18.0. The molecule has 170 valence electrons. The van der Waals surface area contributed by atoms with Gasteiger partial charge < -0.3 is 15.5 Å². The summed E-state index contributed by atoms with van der Waals surface area (Å²) in [5.41, 5.74) is 2.74. The van der Waals surface area contributed by atoms with E-state index in [9.17, 15) is 13.2 Å². The summed E-state index contributed by atoms with van der Waals surface area (Å²) in [4.78, 5) is 17.9. The van der Waals surface area contributed by atoms with E-state index in [1.165, 1.54) is 12.1 Å². The molecular weight excluding hydrogens is 529 g/mol. The molecule has 0 aliphatic heterocycles. The number of hydrogen-bond donors (Lipinski definition) is 3. The van der Waals surface area contributed by atoms with Crippen molar-refractivity contribution in [3.63, 3.8) is 0 Å². The van der Waals surface area contributed by atoms with Gasteiger partial charge in [-0.2, -0.15) is 0 Å². The molecule has 0 radical (unpaired) electrons. The average molecular weight is 559 g/mol. The first-order valence-electron chi connectivity index (χ1n) is 9.57. The number of guanidine groups is 1. The second kappa shape index (κ2) is 12.6. The van der Waals surface area contributed by atoms with Crippen LogP contribution in [0.2, 0.25) is 0 Å². The van der Waals surface area contributed by atoms with Gasteiger partial charge in [0.2, 0.25) is 10.0 Å². The molecule has 10 heteroatoms. The van der Waals surface area contributed by atoms with E-state index in [1.807, 2.05) is 24.3 Å². The summed E-state index contributed by atoms with van der Waals surface area (Å²) >= 11 is 0. The van der Waals surface area contributed by atoms with Crippen molar-refractivity contribution >= 4 is 45.9 Å². The maximum atomic E-state index is 12.1. The Bertz CT molecular complexity index is 992. The molecule has 0 fully saturated rings. The molecule has 31 heavy (non-hydrogen) atoms. The van der Waals surface area contributed by atoms with Gasteiger partial charge in [-0.25, -0.2) is 13.6 Å². The molecule has 1 amide bonds. The van der Waals surface area contributed by atoms with Crippen molar-refractivity contribution in [2.24, 2.45) is 10.1 Å². The van der Waals surface area contributed by atoms with E-state index in [1.54, 1.807) is 38.2 Å². The molecule has 8 nitrogen and oxygen atoms in total. The summed E-state index contributed by atoms with van der Waals surface area (Å²) < 4.78 is 22.6. The van der Waals surface area contributed by atoms with Crippen LogP contribution in [0.1, 0.15) is 21.5 Å². The monoisotopic (exact) mass is 559 g/mol. The second-order valence-corrected chi connectivity index (χ2v) is 8.58. The van der Waals surface area contributed by atoms with Crippen LogP contribution in [0.15, 0.2) is 58.4 Å². The Kier molecular flexibility index (Phi) is 10.9. The van der Waals surface area contributed by atoms with Crippen molar-refractivity contribution in [1.82, 2.24) is 15.5 Å². The average Bonchev–Trinajstić information content (AvgIpc) is 2.72. The van der Waals surface area contributed by atoms with Gasteiger partial charge in [0.25, 0.3) is 5.91 Å². The third-order valence-corrected chi connectivity index (χ3v) is 5.40. The highest BCUT2D eigenvalue weighted by atomic mass is 127. The zero-order valence-corrected chi connectivity index (χ0v) is 21.1. The van der Waals surface area contributed by atoms with E-state index in [4.69, 9.17) is 5.14 Å². The first kappa shape index (κ1) is 26.9. The van der Waals surface area contributed by atoms with Crippen LogP contribution in [-0.4, -0.2) is 59.4 Å². The Balaban J connectivity index is 0.00000480. The molecule has 0 spiro atoms. The molecular formula is C21H30IN5O3S. The number of carbonyl (C=O) groups excluding carboxylic acids is 1. The molecule has 2 rings (SSSR count). The van der Waals surface area contributed by atoms with Gasteiger partial charge in [-0.05, 0) is 48.2 Å². The van der Waals surface area contributed by atoms with E-state index in [-0.39, 0.29) is 34.8 Å². The Labute approximate surface area is 201 Å². The van der Waals surface area contributed by atoms with Crippen LogP contribution in [0.25, 0.3) is 0 Å². The smallest absolute Gasteiger partial charge is 0.253 e. The number of nitrogens with zero attached hydrogens (tertiary/aromatic N) is 2. The predicted molar refractivity (Wildman–Crippen MR) is 134 cm³/mol.